The molecule has 0 spiro atoms. The fourth-order valence-corrected chi connectivity index (χ4v) is 3.55. The number of nitrogens with one attached hydrogen (secondary N) is 1. The van der Waals surface area contributed by atoms with E-state index in [0.717, 1.165) is 31.4 Å². The Morgan fingerprint density at radius 2 is 1.95 bits per heavy atom. The second-order valence-electron chi connectivity index (χ2n) is 5.51. The lowest BCUT2D eigenvalue weighted by Crippen LogP contribution is -2.59. The van der Waals surface area contributed by atoms with E-state index in [1.54, 1.807) is 23.7 Å². The van der Waals surface area contributed by atoms with Crippen LogP contribution in [0, 0.1) is 0 Å². The molecule has 2 N–H and O–H groups in total. The smallest absolute Gasteiger partial charge is 0.329 e. The van der Waals surface area contributed by atoms with E-state index in [9.17, 15) is 14.7 Å². The van der Waals surface area contributed by atoms with Crippen molar-refractivity contribution in [3.63, 3.8) is 0 Å². The topological polar surface area (TPSA) is 69.6 Å². The molecule has 5 nitrogen and oxygen atoms in total. The molecule has 0 aromatic rings. The third-order valence-corrected chi connectivity index (χ3v) is 4.88. The van der Waals surface area contributed by atoms with E-state index >= 15 is 0 Å². The number of carbonyl (C=O) groups excluding carboxylic acids is 1. The molecule has 0 saturated heterocycles. The van der Waals surface area contributed by atoms with Gasteiger partial charge in [0.15, 0.2) is 0 Å². The van der Waals surface area contributed by atoms with Gasteiger partial charge in [-0.3, -0.25) is 0 Å². The Labute approximate surface area is 125 Å². The molecule has 0 aromatic carbocycles. The maximum atomic E-state index is 12.3. The summed E-state index contributed by atoms with van der Waals surface area (Å²) >= 11 is 1.69. The predicted molar refractivity (Wildman–Crippen MR) is 82.2 cm³/mol. The van der Waals surface area contributed by atoms with Crippen molar-refractivity contribution < 1.29 is 14.7 Å². The molecule has 0 heterocycles. The number of thioether (sulfide) groups is 1. The zero-order chi connectivity index (χ0) is 15.2. The number of urea groups is 1. The van der Waals surface area contributed by atoms with Gasteiger partial charge < -0.3 is 15.3 Å². The Bertz CT molecular complexity index is 343. The van der Waals surface area contributed by atoms with Crippen LogP contribution in [-0.4, -0.2) is 52.6 Å². The van der Waals surface area contributed by atoms with Gasteiger partial charge in [-0.25, -0.2) is 9.59 Å². The molecule has 1 saturated carbocycles. The van der Waals surface area contributed by atoms with Crippen LogP contribution in [0.1, 0.15) is 45.4 Å². The molecule has 6 heteroatoms. The van der Waals surface area contributed by atoms with Crippen molar-refractivity contribution in [2.75, 3.05) is 19.1 Å². The highest BCUT2D eigenvalue weighted by Crippen LogP contribution is 2.28. The summed E-state index contributed by atoms with van der Waals surface area (Å²) in [5.74, 6) is -0.0441. The Kier molecular flexibility index (Phi) is 6.65. The van der Waals surface area contributed by atoms with Crippen molar-refractivity contribution in [3.05, 3.63) is 0 Å². The summed E-state index contributed by atoms with van der Waals surface area (Å²) in [6, 6.07) is -0.130. The first-order chi connectivity index (χ1) is 9.46. The highest BCUT2D eigenvalue weighted by Gasteiger charge is 2.41. The molecule has 20 heavy (non-hydrogen) atoms. The normalized spacial score (nSPS) is 19.1. The fraction of sp³-hybridized carbons (Fsp3) is 0.857. The molecular formula is C14H26N2O3S. The van der Waals surface area contributed by atoms with E-state index in [1.807, 2.05) is 13.2 Å². The lowest BCUT2D eigenvalue weighted by Gasteiger charge is -2.37. The summed E-state index contributed by atoms with van der Waals surface area (Å²) in [6.45, 7) is 2.04. The first kappa shape index (κ1) is 17.1. The minimum absolute atomic E-state index is 0.138. The van der Waals surface area contributed by atoms with Gasteiger partial charge in [0, 0.05) is 18.8 Å². The van der Waals surface area contributed by atoms with Crippen molar-refractivity contribution in [2.24, 2.45) is 0 Å². The highest BCUT2D eigenvalue weighted by molar-refractivity contribution is 7.98. The van der Waals surface area contributed by atoms with Crippen molar-refractivity contribution in [1.29, 1.82) is 0 Å². The van der Waals surface area contributed by atoms with Gasteiger partial charge in [-0.15, -0.1) is 0 Å². The summed E-state index contributed by atoms with van der Waals surface area (Å²) in [6.07, 6.45) is 6.70. The minimum atomic E-state index is -1.07. The van der Waals surface area contributed by atoms with Crippen LogP contribution in [-0.2, 0) is 4.79 Å². The molecule has 0 aromatic heterocycles. The second kappa shape index (κ2) is 7.76. The zero-order valence-corrected chi connectivity index (χ0v) is 13.5. The van der Waals surface area contributed by atoms with Crippen LogP contribution in [0.3, 0.4) is 0 Å². The highest BCUT2D eigenvalue weighted by atomic mass is 32.2. The van der Waals surface area contributed by atoms with Crippen LogP contribution in [0.5, 0.6) is 0 Å². The number of carbonyl (C=O) groups is 2. The summed E-state index contributed by atoms with van der Waals surface area (Å²) < 4.78 is 0. The molecule has 1 unspecified atom stereocenters. The lowest BCUT2D eigenvalue weighted by atomic mass is 9.82. The minimum Gasteiger partial charge on any atom is -0.480 e. The molecule has 0 radical (unpaired) electrons. The number of amides is 2. The molecule has 0 bridgehead atoms. The van der Waals surface area contributed by atoms with E-state index in [2.05, 4.69) is 5.32 Å². The molecular weight excluding hydrogens is 276 g/mol. The van der Waals surface area contributed by atoms with Gasteiger partial charge in [-0.05, 0) is 25.5 Å². The first-order valence-corrected chi connectivity index (χ1v) is 8.63. The van der Waals surface area contributed by atoms with E-state index in [-0.39, 0.29) is 12.1 Å². The Hall–Kier alpha value is -0.910. The van der Waals surface area contributed by atoms with Crippen LogP contribution < -0.4 is 5.32 Å². The number of carboxylic acids is 1. The van der Waals surface area contributed by atoms with Crippen LogP contribution in [0.15, 0.2) is 0 Å². The Morgan fingerprint density at radius 3 is 2.40 bits per heavy atom. The van der Waals surface area contributed by atoms with Crippen molar-refractivity contribution in [2.45, 2.75) is 57.0 Å². The SMILES string of the molecule is CCC(CSC)N(C)C(=O)NC1(C(=O)O)CCCCC1. The summed E-state index contributed by atoms with van der Waals surface area (Å²) in [7, 11) is 1.75. The number of rotatable bonds is 6. The van der Waals surface area contributed by atoms with Crippen molar-refractivity contribution in [1.82, 2.24) is 10.2 Å². The maximum absolute atomic E-state index is 12.3. The molecule has 1 rings (SSSR count). The third kappa shape index (κ3) is 4.04. The fourth-order valence-electron chi connectivity index (χ4n) is 2.70. The second-order valence-corrected chi connectivity index (χ2v) is 6.42. The van der Waals surface area contributed by atoms with Crippen molar-refractivity contribution >= 4 is 23.8 Å². The quantitative estimate of drug-likeness (QED) is 0.791. The van der Waals surface area contributed by atoms with Crippen molar-refractivity contribution in [3.8, 4) is 0 Å². The van der Waals surface area contributed by atoms with Crippen LogP contribution in [0.4, 0.5) is 4.79 Å². The first-order valence-electron chi connectivity index (χ1n) is 7.24. The van der Waals surface area contributed by atoms with E-state index in [0.29, 0.717) is 12.8 Å². The lowest BCUT2D eigenvalue weighted by molar-refractivity contribution is -0.146. The van der Waals surface area contributed by atoms with E-state index in [4.69, 9.17) is 0 Å². The largest absolute Gasteiger partial charge is 0.480 e. The van der Waals surface area contributed by atoms with Gasteiger partial charge >= 0.3 is 12.0 Å². The summed E-state index contributed by atoms with van der Waals surface area (Å²) in [5.41, 5.74) is -1.07. The number of hydrogen-bond donors (Lipinski definition) is 2. The van der Waals surface area contributed by atoms with Gasteiger partial charge in [-0.1, -0.05) is 26.2 Å². The van der Waals surface area contributed by atoms with Gasteiger partial charge in [0.2, 0.25) is 0 Å². The summed E-state index contributed by atoms with van der Waals surface area (Å²) in [5, 5.41) is 12.3. The number of carboxylic acid groups (broad SMARTS) is 1. The molecule has 2 amide bonds. The molecule has 116 valence electrons. The van der Waals surface area contributed by atoms with Gasteiger partial charge in [0.1, 0.15) is 5.54 Å². The zero-order valence-electron chi connectivity index (χ0n) is 12.6. The number of aliphatic carboxylic acids is 1. The molecule has 1 aliphatic carbocycles. The number of nitrogens with zero attached hydrogens (tertiary/aromatic N) is 1. The molecule has 1 fully saturated rings. The van der Waals surface area contributed by atoms with E-state index < -0.39 is 11.5 Å². The molecule has 1 aliphatic rings. The number of hydrogen-bond acceptors (Lipinski definition) is 3. The summed E-state index contributed by atoms with van der Waals surface area (Å²) in [4.78, 5) is 25.5. The van der Waals surface area contributed by atoms with Gasteiger partial charge in [0.05, 0.1) is 0 Å². The average molecular weight is 302 g/mol. The Balaban J connectivity index is 2.72. The van der Waals surface area contributed by atoms with Gasteiger partial charge in [0.25, 0.3) is 0 Å². The maximum Gasteiger partial charge on any atom is 0.329 e. The average Bonchev–Trinajstić information content (AvgIpc) is 2.44. The van der Waals surface area contributed by atoms with Gasteiger partial charge in [-0.2, -0.15) is 11.8 Å². The monoisotopic (exact) mass is 302 g/mol. The predicted octanol–water partition coefficient (Wildman–Crippen LogP) is 2.56. The van der Waals surface area contributed by atoms with Crippen LogP contribution in [0.2, 0.25) is 0 Å². The molecule has 0 aliphatic heterocycles. The van der Waals surface area contributed by atoms with E-state index in [1.165, 1.54) is 0 Å². The molecule has 1 atom stereocenters. The van der Waals surface area contributed by atoms with Crippen LogP contribution >= 0.6 is 11.8 Å². The van der Waals surface area contributed by atoms with Crippen LogP contribution in [0.25, 0.3) is 0 Å². The third-order valence-electron chi connectivity index (χ3n) is 4.16. The standard InChI is InChI=1S/C14H26N2O3S/c1-4-11(10-20-3)16(2)13(19)15-14(12(17)18)8-6-5-7-9-14/h11H,4-10H2,1-3H3,(H,15,19)(H,17,18). The Morgan fingerprint density at radius 1 is 1.35 bits per heavy atom.